The van der Waals surface area contributed by atoms with Crippen LogP contribution in [0.3, 0.4) is 0 Å². The van der Waals surface area contributed by atoms with Crippen LogP contribution in [-0.2, 0) is 6.54 Å². The van der Waals surface area contributed by atoms with E-state index in [1.165, 1.54) is 43.7 Å². The molecule has 4 aliphatic carbocycles. The first kappa shape index (κ1) is 25.2. The zero-order valence-electron chi connectivity index (χ0n) is 20.9. The number of ether oxygens (including phenoxy) is 1. The number of nitriles is 1. The third-order valence-corrected chi connectivity index (χ3v) is 8.84. The summed E-state index contributed by atoms with van der Waals surface area (Å²) in [6.07, 6.45) is 2.44. The highest BCUT2D eigenvalue weighted by Crippen LogP contribution is 2.61. The number of β-amino-alcohol motifs (C(OH)–C–C–N with tert-alkyl or cyclic N) is 1. The van der Waals surface area contributed by atoms with Crippen LogP contribution in [0.5, 0.6) is 5.75 Å². The van der Waals surface area contributed by atoms with E-state index in [2.05, 4.69) is 36.3 Å². The lowest BCUT2D eigenvalue weighted by Gasteiger charge is -2.63. The number of nitrogens with one attached hydrogen (secondary N) is 2. The van der Waals surface area contributed by atoms with E-state index in [4.69, 9.17) is 0 Å². The molecule has 1 saturated heterocycles. The maximum absolute atomic E-state index is 12.8. The molecule has 0 amide bonds. The topological polar surface area (TPSA) is 106 Å². The van der Waals surface area contributed by atoms with Crippen LogP contribution in [0.25, 0.3) is 0 Å². The average Bonchev–Trinajstić information content (AvgIpc) is 2.84. The molecule has 2 heterocycles. The van der Waals surface area contributed by atoms with Gasteiger partial charge in [0.2, 0.25) is 5.95 Å². The van der Waals surface area contributed by atoms with E-state index in [0.29, 0.717) is 34.8 Å². The molecule has 202 valence electrons. The van der Waals surface area contributed by atoms with Gasteiger partial charge in [0.1, 0.15) is 23.2 Å². The maximum atomic E-state index is 12.8. The number of halogens is 3. The Morgan fingerprint density at radius 3 is 2.55 bits per heavy atom. The number of hydrogen-bond donors (Lipinski definition) is 3. The number of hydrogen-bond acceptors (Lipinski definition) is 8. The molecule has 11 heteroatoms. The van der Waals surface area contributed by atoms with E-state index in [-0.39, 0.29) is 29.8 Å². The lowest BCUT2D eigenvalue weighted by molar-refractivity contribution is -0.274. The summed E-state index contributed by atoms with van der Waals surface area (Å²) in [5.74, 6) is 2.39. The summed E-state index contributed by atoms with van der Waals surface area (Å²) in [5, 5.41) is 25.9. The van der Waals surface area contributed by atoms with Gasteiger partial charge in [0.25, 0.3) is 0 Å². The largest absolute Gasteiger partial charge is 0.573 e. The molecule has 1 aromatic carbocycles. The van der Waals surface area contributed by atoms with Crippen molar-refractivity contribution in [3.05, 3.63) is 41.6 Å². The van der Waals surface area contributed by atoms with Gasteiger partial charge >= 0.3 is 6.36 Å². The summed E-state index contributed by atoms with van der Waals surface area (Å²) in [5.41, 5.74) is 0.800. The van der Waals surface area contributed by atoms with Gasteiger partial charge in [-0.1, -0.05) is 18.2 Å². The van der Waals surface area contributed by atoms with Crippen molar-refractivity contribution in [2.45, 2.75) is 57.2 Å². The van der Waals surface area contributed by atoms with Crippen LogP contribution >= 0.6 is 0 Å². The quantitative estimate of drug-likeness (QED) is 0.470. The second kappa shape index (κ2) is 9.58. The fourth-order valence-electron chi connectivity index (χ4n) is 7.71. The number of benzene rings is 1. The van der Waals surface area contributed by atoms with Gasteiger partial charge in [-0.3, -0.25) is 4.90 Å². The lowest BCUT2D eigenvalue weighted by Crippen LogP contribution is -2.66. The van der Waals surface area contributed by atoms with Crippen LogP contribution in [-0.4, -0.2) is 58.1 Å². The minimum Gasteiger partial charge on any atom is -0.405 e. The van der Waals surface area contributed by atoms with Crippen molar-refractivity contribution >= 4 is 11.8 Å². The van der Waals surface area contributed by atoms with Gasteiger partial charge in [0, 0.05) is 37.8 Å². The van der Waals surface area contributed by atoms with E-state index in [1.54, 1.807) is 6.07 Å². The first-order valence-electron chi connectivity index (χ1n) is 13.2. The maximum Gasteiger partial charge on any atom is 0.573 e. The number of nitrogens with zero attached hydrogens (tertiary/aromatic N) is 4. The minimum atomic E-state index is -4.79. The monoisotopic (exact) mass is 528 g/mol. The number of rotatable bonds is 8. The SMILES string of the molecule is N#Cc1cnc(NCc2ccccc2OC(F)(F)F)nc1NC[C@@]12CC3C[C@H](C1)[C@@H](N1CC(O)C1)[C@@H](C3)C2. The molecule has 2 aromatic rings. The highest BCUT2D eigenvalue weighted by Gasteiger charge is 2.57. The molecule has 3 N–H and O–H groups in total. The van der Waals surface area contributed by atoms with Gasteiger partial charge in [-0.15, -0.1) is 13.2 Å². The fraction of sp³-hybridized carbons (Fsp3) is 0.593. The van der Waals surface area contributed by atoms with Gasteiger partial charge in [-0.25, -0.2) is 4.98 Å². The highest BCUT2D eigenvalue weighted by molar-refractivity contribution is 5.53. The number of likely N-dealkylation sites (tertiary alicyclic amines) is 1. The van der Waals surface area contributed by atoms with E-state index in [0.717, 1.165) is 38.4 Å². The number of aromatic nitrogens is 2. The minimum absolute atomic E-state index is 0.0269. The van der Waals surface area contributed by atoms with Crippen LogP contribution in [0, 0.1) is 34.5 Å². The lowest BCUT2D eigenvalue weighted by atomic mass is 9.47. The van der Waals surface area contributed by atoms with Crippen molar-refractivity contribution < 1.29 is 23.0 Å². The standard InChI is InChI=1S/C27H31F3N6O2/c28-27(29,30)38-22-4-2-1-3-17(22)11-32-25-33-12-20(10-31)24(35-25)34-15-26-7-16-5-18(8-26)23(19(6-16)9-26)36-13-21(37)14-36/h1-4,12,16,18-19,21,23,37H,5-9,11,13-15H2,(H2,32,33,34,35)/t16?,18-,19+,23-,26+. The van der Waals surface area contributed by atoms with Gasteiger partial charge in [0.05, 0.1) is 12.3 Å². The molecular formula is C27H31F3N6O2. The van der Waals surface area contributed by atoms with E-state index in [1.807, 2.05) is 0 Å². The zero-order chi connectivity index (χ0) is 26.5. The van der Waals surface area contributed by atoms with Crippen molar-refractivity contribution in [3.8, 4) is 11.8 Å². The smallest absolute Gasteiger partial charge is 0.405 e. The Kier molecular flexibility index (Phi) is 6.35. The fourth-order valence-corrected chi connectivity index (χ4v) is 7.71. The molecule has 38 heavy (non-hydrogen) atoms. The van der Waals surface area contributed by atoms with Gasteiger partial charge < -0.3 is 20.5 Å². The molecule has 0 spiro atoms. The Morgan fingerprint density at radius 1 is 1.13 bits per heavy atom. The van der Waals surface area contributed by atoms with E-state index >= 15 is 0 Å². The molecule has 4 bridgehead atoms. The second-order valence-electron chi connectivity index (χ2n) is 11.5. The molecule has 5 atom stereocenters. The van der Waals surface area contributed by atoms with E-state index < -0.39 is 6.36 Å². The first-order chi connectivity index (χ1) is 18.2. The Bertz CT molecular complexity index is 1210. The van der Waals surface area contributed by atoms with Crippen LogP contribution in [0.1, 0.15) is 43.2 Å². The summed E-state index contributed by atoms with van der Waals surface area (Å²) in [4.78, 5) is 11.2. The number of aliphatic hydroxyl groups excluding tert-OH is 1. The molecule has 1 aromatic heterocycles. The van der Waals surface area contributed by atoms with Crippen molar-refractivity contribution in [3.63, 3.8) is 0 Å². The molecule has 1 unspecified atom stereocenters. The summed E-state index contributed by atoms with van der Waals surface area (Å²) in [7, 11) is 0. The van der Waals surface area contributed by atoms with Gasteiger partial charge in [0.15, 0.2) is 0 Å². The molecule has 5 fully saturated rings. The summed E-state index contributed by atoms with van der Waals surface area (Å²) in [6.45, 7) is 2.34. The number of para-hydroxylation sites is 1. The van der Waals surface area contributed by atoms with Crippen LogP contribution in [0.4, 0.5) is 24.9 Å². The predicted molar refractivity (Wildman–Crippen MR) is 133 cm³/mol. The van der Waals surface area contributed by atoms with Crippen molar-refractivity contribution in [1.29, 1.82) is 5.26 Å². The summed E-state index contributed by atoms with van der Waals surface area (Å²) >= 11 is 0. The predicted octanol–water partition coefficient (Wildman–Crippen LogP) is 4.14. The summed E-state index contributed by atoms with van der Waals surface area (Å²) < 4.78 is 42.4. The van der Waals surface area contributed by atoms with E-state index in [9.17, 15) is 23.5 Å². The zero-order valence-corrected chi connectivity index (χ0v) is 20.9. The first-order valence-corrected chi connectivity index (χ1v) is 13.2. The Labute approximate surface area is 219 Å². The Morgan fingerprint density at radius 2 is 1.87 bits per heavy atom. The molecule has 0 radical (unpaired) electrons. The summed E-state index contributed by atoms with van der Waals surface area (Å²) in [6, 6.07) is 8.63. The molecule has 4 saturated carbocycles. The molecule has 8 nitrogen and oxygen atoms in total. The third kappa shape index (κ3) is 4.99. The molecule has 7 rings (SSSR count). The average molecular weight is 529 g/mol. The molecule has 5 aliphatic rings. The number of anilines is 2. The van der Waals surface area contributed by atoms with Crippen molar-refractivity contribution in [2.24, 2.45) is 23.2 Å². The second-order valence-corrected chi connectivity index (χ2v) is 11.5. The van der Waals surface area contributed by atoms with Crippen LogP contribution in [0.15, 0.2) is 30.5 Å². The molecular weight excluding hydrogens is 497 g/mol. The van der Waals surface area contributed by atoms with Crippen LogP contribution in [0.2, 0.25) is 0 Å². The normalized spacial score (nSPS) is 30.5. The molecule has 1 aliphatic heterocycles. The number of alkyl halides is 3. The van der Waals surface area contributed by atoms with Crippen LogP contribution < -0.4 is 15.4 Å². The third-order valence-electron chi connectivity index (χ3n) is 8.84. The Hall–Kier alpha value is -3.10. The Balaban J connectivity index is 1.13. The van der Waals surface area contributed by atoms with Gasteiger partial charge in [-0.2, -0.15) is 10.2 Å². The van der Waals surface area contributed by atoms with Crippen molar-refractivity contribution in [2.75, 3.05) is 30.3 Å². The number of aliphatic hydroxyl groups is 1. The van der Waals surface area contributed by atoms with Gasteiger partial charge in [-0.05, 0) is 61.3 Å². The highest BCUT2D eigenvalue weighted by atomic mass is 19.4. The van der Waals surface area contributed by atoms with Crippen molar-refractivity contribution in [1.82, 2.24) is 14.9 Å².